The molecular formula is C24H36N2O2. The Morgan fingerprint density at radius 1 is 1.11 bits per heavy atom. The summed E-state index contributed by atoms with van der Waals surface area (Å²) in [5.41, 5.74) is 1.35. The first-order chi connectivity index (χ1) is 13.5. The number of likely N-dealkylation sites (tertiary alicyclic amines) is 2. The average molecular weight is 385 g/mol. The number of ether oxygens (including phenoxy) is 1. The van der Waals surface area contributed by atoms with Gasteiger partial charge >= 0.3 is 0 Å². The molecule has 28 heavy (non-hydrogen) atoms. The molecule has 0 N–H and O–H groups in total. The summed E-state index contributed by atoms with van der Waals surface area (Å²) in [4.78, 5) is 17.6. The van der Waals surface area contributed by atoms with Gasteiger partial charge < -0.3 is 14.5 Å². The first-order valence-electron chi connectivity index (χ1n) is 11.3. The molecule has 1 aromatic rings. The minimum Gasteiger partial charge on any atom is -0.489 e. The predicted octanol–water partition coefficient (Wildman–Crippen LogP) is 4.73. The van der Waals surface area contributed by atoms with Gasteiger partial charge in [0.2, 0.25) is 0 Å². The summed E-state index contributed by atoms with van der Waals surface area (Å²) in [5.74, 6) is 0.911. The van der Waals surface area contributed by atoms with E-state index in [0.29, 0.717) is 11.5 Å². The van der Waals surface area contributed by atoms with Gasteiger partial charge in [0, 0.05) is 32.2 Å². The van der Waals surface area contributed by atoms with E-state index < -0.39 is 0 Å². The van der Waals surface area contributed by atoms with E-state index in [9.17, 15) is 4.79 Å². The number of hydrogen-bond donors (Lipinski definition) is 0. The number of nitrogens with zero attached hydrogens (tertiary/aromatic N) is 2. The molecular weight excluding hydrogens is 348 g/mol. The molecule has 4 nitrogen and oxygen atoms in total. The summed E-state index contributed by atoms with van der Waals surface area (Å²) in [6.07, 6.45) is 9.91. The number of para-hydroxylation sites is 1. The highest BCUT2D eigenvalue weighted by Crippen LogP contribution is 2.49. The molecule has 2 heterocycles. The maximum Gasteiger partial charge on any atom is 0.257 e. The number of rotatable bonds is 6. The third kappa shape index (κ3) is 4.71. The zero-order valence-electron chi connectivity index (χ0n) is 17.7. The van der Waals surface area contributed by atoms with Gasteiger partial charge in [-0.3, -0.25) is 4.79 Å². The molecule has 1 aromatic carbocycles. The second kappa shape index (κ2) is 8.44. The van der Waals surface area contributed by atoms with Gasteiger partial charge in [-0.2, -0.15) is 0 Å². The van der Waals surface area contributed by atoms with Crippen molar-refractivity contribution >= 4 is 5.91 Å². The van der Waals surface area contributed by atoms with Crippen molar-refractivity contribution in [3.63, 3.8) is 0 Å². The van der Waals surface area contributed by atoms with Crippen LogP contribution in [0.15, 0.2) is 24.3 Å². The van der Waals surface area contributed by atoms with E-state index in [2.05, 4.69) is 18.7 Å². The molecule has 0 bridgehead atoms. The lowest BCUT2D eigenvalue weighted by Gasteiger charge is -2.37. The first-order valence-corrected chi connectivity index (χ1v) is 11.3. The second-order valence-electron chi connectivity index (χ2n) is 9.57. The van der Waals surface area contributed by atoms with Crippen molar-refractivity contribution in [3.8, 4) is 5.75 Å². The minimum absolute atomic E-state index is 0.138. The van der Waals surface area contributed by atoms with Crippen LogP contribution in [-0.2, 0) is 0 Å². The maximum absolute atomic E-state index is 13.0. The standard InChI is InChI=1S/C24H36N2O2/c1-19(18-24(2)12-13-24)25-16-10-20(11-17-25)28-22-9-5-4-8-21(22)23(27)26-14-6-3-7-15-26/h4-5,8-9,19-20H,3,6-7,10-18H2,1-2H3. The number of amides is 1. The van der Waals surface area contributed by atoms with Gasteiger partial charge in [-0.25, -0.2) is 0 Å². The van der Waals surface area contributed by atoms with Crippen LogP contribution >= 0.6 is 0 Å². The molecule has 1 unspecified atom stereocenters. The van der Waals surface area contributed by atoms with Crippen LogP contribution in [0, 0.1) is 5.41 Å². The smallest absolute Gasteiger partial charge is 0.257 e. The van der Waals surface area contributed by atoms with Gasteiger partial charge in [0.15, 0.2) is 0 Å². The van der Waals surface area contributed by atoms with Crippen LogP contribution in [0.4, 0.5) is 0 Å². The molecule has 1 amide bonds. The summed E-state index contributed by atoms with van der Waals surface area (Å²) >= 11 is 0. The van der Waals surface area contributed by atoms with Crippen LogP contribution < -0.4 is 4.74 Å². The molecule has 1 saturated carbocycles. The second-order valence-corrected chi connectivity index (χ2v) is 9.57. The highest BCUT2D eigenvalue weighted by atomic mass is 16.5. The Kier molecular flexibility index (Phi) is 5.96. The van der Waals surface area contributed by atoms with Crippen LogP contribution in [0.1, 0.15) is 75.6 Å². The molecule has 0 aromatic heterocycles. The Hall–Kier alpha value is -1.55. The first kappa shape index (κ1) is 19.8. The normalized spacial score (nSPS) is 24.0. The lowest BCUT2D eigenvalue weighted by atomic mass is 9.97. The third-order valence-electron chi connectivity index (χ3n) is 7.05. The molecule has 4 rings (SSSR count). The molecule has 0 spiro atoms. The summed E-state index contributed by atoms with van der Waals surface area (Å²) in [7, 11) is 0. The highest BCUT2D eigenvalue weighted by molar-refractivity contribution is 5.97. The number of carbonyl (C=O) groups is 1. The van der Waals surface area contributed by atoms with Gasteiger partial charge in [0.05, 0.1) is 5.56 Å². The van der Waals surface area contributed by atoms with E-state index in [4.69, 9.17) is 4.74 Å². The molecule has 2 aliphatic heterocycles. The van der Waals surface area contributed by atoms with E-state index in [0.717, 1.165) is 63.2 Å². The van der Waals surface area contributed by atoms with Crippen molar-refractivity contribution in [2.45, 2.75) is 77.4 Å². The molecule has 154 valence electrons. The van der Waals surface area contributed by atoms with Crippen molar-refractivity contribution < 1.29 is 9.53 Å². The molecule has 1 aliphatic carbocycles. The van der Waals surface area contributed by atoms with Crippen LogP contribution in [0.5, 0.6) is 5.75 Å². The topological polar surface area (TPSA) is 32.8 Å². The Morgan fingerprint density at radius 3 is 2.46 bits per heavy atom. The molecule has 2 saturated heterocycles. The van der Waals surface area contributed by atoms with Crippen molar-refractivity contribution in [1.29, 1.82) is 0 Å². The number of carbonyl (C=O) groups excluding carboxylic acids is 1. The zero-order chi connectivity index (χ0) is 19.6. The highest BCUT2D eigenvalue weighted by Gasteiger charge is 2.39. The minimum atomic E-state index is 0.138. The average Bonchev–Trinajstić information content (AvgIpc) is 3.45. The summed E-state index contributed by atoms with van der Waals surface area (Å²) in [6, 6.07) is 8.50. The van der Waals surface area contributed by atoms with E-state index in [1.54, 1.807) is 0 Å². The number of piperidine rings is 2. The fraction of sp³-hybridized carbons (Fsp3) is 0.708. The van der Waals surface area contributed by atoms with Crippen LogP contribution in [0.2, 0.25) is 0 Å². The maximum atomic E-state index is 13.0. The molecule has 3 fully saturated rings. The third-order valence-corrected chi connectivity index (χ3v) is 7.05. The Labute approximate surface area is 170 Å². The Bertz CT molecular complexity index is 671. The Balaban J connectivity index is 1.33. The van der Waals surface area contributed by atoms with E-state index in [1.807, 2.05) is 29.2 Å². The predicted molar refractivity (Wildman–Crippen MR) is 113 cm³/mol. The summed E-state index contributed by atoms with van der Waals surface area (Å²) in [5, 5.41) is 0. The van der Waals surface area contributed by atoms with Gasteiger partial charge in [-0.1, -0.05) is 19.1 Å². The van der Waals surface area contributed by atoms with Gasteiger partial charge in [-0.05, 0) is 75.8 Å². The number of benzene rings is 1. The largest absolute Gasteiger partial charge is 0.489 e. The quantitative estimate of drug-likeness (QED) is 0.710. The molecule has 4 heteroatoms. The molecule has 0 radical (unpaired) electrons. The van der Waals surface area contributed by atoms with Crippen molar-refractivity contribution in [2.24, 2.45) is 5.41 Å². The summed E-state index contributed by atoms with van der Waals surface area (Å²) in [6.45, 7) is 8.77. The SMILES string of the molecule is CC(CC1(C)CC1)N1CCC(Oc2ccccc2C(=O)N2CCCCC2)CC1. The fourth-order valence-corrected chi connectivity index (χ4v) is 4.89. The van der Waals surface area contributed by atoms with Crippen molar-refractivity contribution in [1.82, 2.24) is 9.80 Å². The monoisotopic (exact) mass is 384 g/mol. The molecule has 3 aliphatic rings. The van der Waals surface area contributed by atoms with Gasteiger partial charge in [-0.15, -0.1) is 0 Å². The van der Waals surface area contributed by atoms with E-state index >= 15 is 0 Å². The van der Waals surface area contributed by atoms with Gasteiger partial charge in [0.25, 0.3) is 5.91 Å². The molecule has 1 atom stereocenters. The van der Waals surface area contributed by atoms with E-state index in [1.165, 1.54) is 25.7 Å². The van der Waals surface area contributed by atoms with Crippen LogP contribution in [0.3, 0.4) is 0 Å². The van der Waals surface area contributed by atoms with Crippen molar-refractivity contribution in [2.75, 3.05) is 26.2 Å². The summed E-state index contributed by atoms with van der Waals surface area (Å²) < 4.78 is 6.37. The lowest BCUT2D eigenvalue weighted by Crippen LogP contribution is -2.43. The van der Waals surface area contributed by atoms with Gasteiger partial charge in [0.1, 0.15) is 11.9 Å². The van der Waals surface area contributed by atoms with Crippen molar-refractivity contribution in [3.05, 3.63) is 29.8 Å². The Morgan fingerprint density at radius 2 is 1.79 bits per heavy atom. The van der Waals surface area contributed by atoms with Crippen LogP contribution in [-0.4, -0.2) is 54.0 Å². The zero-order valence-corrected chi connectivity index (χ0v) is 17.7. The number of hydrogen-bond acceptors (Lipinski definition) is 3. The van der Waals surface area contributed by atoms with Crippen LogP contribution in [0.25, 0.3) is 0 Å². The lowest BCUT2D eigenvalue weighted by molar-refractivity contribution is 0.0658. The fourth-order valence-electron chi connectivity index (χ4n) is 4.89. The van der Waals surface area contributed by atoms with E-state index in [-0.39, 0.29) is 12.0 Å².